The maximum Gasteiger partial charge on any atom is 0.335 e. The van der Waals surface area contributed by atoms with E-state index < -0.39 is 95.5 Å². The highest BCUT2D eigenvalue weighted by Crippen LogP contribution is 2.48. The smallest absolute Gasteiger partial charge is 0.335 e. The first-order chi connectivity index (χ1) is 29.8. The zero-order chi connectivity index (χ0) is 45.2. The molecule has 3 unspecified atom stereocenters. The SMILES string of the molecule is CC1Cc2c(C(F)F)nn(CC(=O)NC(Cc3cc(F)cc(F)c3)c3nc4cc(-c5cccc(C(=O)O)c5)ccc4c(=O)n3-c3ccc(Cl)c4c(N[S+](C)[O-])nn(C)c34)c2C1(F)F. The van der Waals surface area contributed by atoms with E-state index in [-0.39, 0.29) is 60.8 Å². The van der Waals surface area contributed by atoms with Gasteiger partial charge < -0.3 is 15.0 Å². The normalized spacial score (nSPS) is 15.5. The number of aryl methyl sites for hydroxylation is 1. The molecule has 1 aliphatic rings. The number of hydrogen-bond acceptors (Lipinski definition) is 8. The van der Waals surface area contributed by atoms with Crippen molar-refractivity contribution < 1.29 is 45.6 Å². The average Bonchev–Trinajstić information content (AvgIpc) is 3.82. The predicted molar refractivity (Wildman–Crippen MR) is 222 cm³/mol. The van der Waals surface area contributed by atoms with Gasteiger partial charge in [-0.25, -0.2) is 27.3 Å². The Hall–Kier alpha value is -6.38. The zero-order valence-electron chi connectivity index (χ0n) is 33.1. The standard InChI is InChI=1S/C42H33ClF6N8O5S/c1-19-11-27-34(37(46)47)52-56(36(27)42(19,48)49)18-32(58)50-30(14-20-12-24(44)17-25(45)13-20)39-51-29-16-22(21-5-4-6-23(15-21)41(60)61)7-8-26(29)40(59)57(39)31-10-9-28(43)33-35(31)55(2)53-38(33)54-63(3)62/h4-10,12-13,15-17,19,30,37H,11,14,18H2,1-3H3,(H,50,58)(H,53,54)(H,60,61). The van der Waals surface area contributed by atoms with Crippen LogP contribution >= 0.6 is 11.6 Å². The van der Waals surface area contributed by atoms with Gasteiger partial charge in [0.05, 0.1) is 55.5 Å². The largest absolute Gasteiger partial charge is 0.593 e. The van der Waals surface area contributed by atoms with Crippen molar-refractivity contribution in [3.05, 3.63) is 134 Å². The van der Waals surface area contributed by atoms with E-state index in [1.165, 1.54) is 67.4 Å². The Morgan fingerprint density at radius 3 is 2.43 bits per heavy atom. The van der Waals surface area contributed by atoms with Gasteiger partial charge in [-0.05, 0) is 71.6 Å². The number of carbonyl (C=O) groups is 2. The molecule has 3 aromatic heterocycles. The first-order valence-corrected chi connectivity index (χ1v) is 20.9. The number of fused-ring (bicyclic) bond motifs is 3. The minimum atomic E-state index is -3.63. The fourth-order valence-electron chi connectivity index (χ4n) is 8.02. The number of carboxylic acid groups (broad SMARTS) is 1. The second kappa shape index (κ2) is 16.4. The number of amides is 1. The summed E-state index contributed by atoms with van der Waals surface area (Å²) in [5.74, 6) is -9.43. The van der Waals surface area contributed by atoms with Crippen LogP contribution in [0.4, 0.5) is 32.2 Å². The summed E-state index contributed by atoms with van der Waals surface area (Å²) < 4.78 is 107. The van der Waals surface area contributed by atoms with E-state index in [0.717, 1.165) is 16.7 Å². The average molecular weight is 911 g/mol. The highest BCUT2D eigenvalue weighted by atomic mass is 35.5. The number of nitrogens with one attached hydrogen (secondary N) is 2. The molecule has 7 aromatic rings. The van der Waals surface area contributed by atoms with E-state index in [1.807, 2.05) is 0 Å². The molecule has 13 nitrogen and oxygen atoms in total. The lowest BCUT2D eigenvalue weighted by Gasteiger charge is -2.24. The van der Waals surface area contributed by atoms with Gasteiger partial charge in [-0.1, -0.05) is 36.7 Å². The first-order valence-electron chi connectivity index (χ1n) is 19.0. The molecule has 3 heterocycles. The molecular formula is C42H33ClF6N8O5S. The summed E-state index contributed by atoms with van der Waals surface area (Å²) in [6.45, 7) is 0.173. The Labute approximate surface area is 360 Å². The minimum absolute atomic E-state index is 0.0139. The monoisotopic (exact) mass is 910 g/mol. The van der Waals surface area contributed by atoms with Gasteiger partial charge in [0.1, 0.15) is 41.6 Å². The van der Waals surface area contributed by atoms with Gasteiger partial charge in [-0.15, -0.1) is 5.10 Å². The third-order valence-corrected chi connectivity index (χ3v) is 11.6. The third-order valence-electron chi connectivity index (χ3n) is 10.8. The highest BCUT2D eigenvalue weighted by molar-refractivity contribution is 7.92. The molecule has 0 saturated heterocycles. The van der Waals surface area contributed by atoms with Crippen molar-refractivity contribution in [2.75, 3.05) is 11.0 Å². The number of anilines is 1. The maximum absolute atomic E-state index is 15.5. The molecule has 21 heteroatoms. The number of carboxylic acids is 1. The topological polar surface area (TPSA) is 172 Å². The fraction of sp³-hybridized carbons (Fsp3) is 0.238. The molecule has 326 valence electrons. The molecule has 1 aliphatic carbocycles. The fourth-order valence-corrected chi connectivity index (χ4v) is 8.68. The Balaban J connectivity index is 1.36. The second-order valence-electron chi connectivity index (χ2n) is 15.0. The molecule has 0 radical (unpaired) electrons. The van der Waals surface area contributed by atoms with Crippen molar-refractivity contribution in [3.63, 3.8) is 0 Å². The van der Waals surface area contributed by atoms with Crippen LogP contribution in [0.25, 0.3) is 38.6 Å². The van der Waals surface area contributed by atoms with Crippen molar-refractivity contribution in [2.24, 2.45) is 13.0 Å². The molecular weight excluding hydrogens is 878 g/mol. The number of aromatic carboxylic acids is 1. The Bertz CT molecular complexity index is 3050. The van der Waals surface area contributed by atoms with Gasteiger partial charge in [0.2, 0.25) is 11.7 Å². The number of alkyl halides is 4. The number of carbonyl (C=O) groups excluding carboxylic acids is 1. The van der Waals surface area contributed by atoms with E-state index in [2.05, 4.69) is 20.2 Å². The lowest BCUT2D eigenvalue weighted by molar-refractivity contribution is -0.123. The molecule has 8 rings (SSSR count). The second-order valence-corrected chi connectivity index (χ2v) is 16.6. The molecule has 0 spiro atoms. The van der Waals surface area contributed by atoms with Crippen LogP contribution in [0.5, 0.6) is 0 Å². The summed E-state index contributed by atoms with van der Waals surface area (Å²) in [5.41, 5.74) is -1.78. The summed E-state index contributed by atoms with van der Waals surface area (Å²) >= 11 is 5.03. The first kappa shape index (κ1) is 43.3. The molecule has 0 saturated carbocycles. The van der Waals surface area contributed by atoms with Gasteiger partial charge in [0.15, 0.2) is 0 Å². The lowest BCUT2D eigenvalue weighted by Crippen LogP contribution is -2.38. The summed E-state index contributed by atoms with van der Waals surface area (Å²) in [6, 6.07) is 14.4. The summed E-state index contributed by atoms with van der Waals surface area (Å²) in [6.07, 6.45) is -2.77. The van der Waals surface area contributed by atoms with Crippen molar-refractivity contribution in [1.29, 1.82) is 0 Å². The van der Waals surface area contributed by atoms with Gasteiger partial charge in [0, 0.05) is 31.0 Å². The van der Waals surface area contributed by atoms with Crippen molar-refractivity contribution in [1.82, 2.24) is 34.4 Å². The van der Waals surface area contributed by atoms with Gasteiger partial charge in [0.25, 0.3) is 17.9 Å². The van der Waals surface area contributed by atoms with E-state index in [1.54, 1.807) is 12.1 Å². The summed E-state index contributed by atoms with van der Waals surface area (Å²) in [7, 11) is 1.52. The number of benzene rings is 4. The van der Waals surface area contributed by atoms with Gasteiger partial charge >= 0.3 is 5.97 Å². The molecule has 4 aromatic carbocycles. The van der Waals surface area contributed by atoms with Crippen LogP contribution in [0.3, 0.4) is 0 Å². The molecule has 3 N–H and O–H groups in total. The quantitative estimate of drug-likeness (QED) is 0.0818. The molecule has 0 bridgehead atoms. The summed E-state index contributed by atoms with van der Waals surface area (Å²) in [4.78, 5) is 45.8. The maximum atomic E-state index is 15.5. The van der Waals surface area contributed by atoms with Crippen LogP contribution < -0.4 is 15.6 Å². The Morgan fingerprint density at radius 1 is 1.03 bits per heavy atom. The van der Waals surface area contributed by atoms with Crippen molar-refractivity contribution in [2.45, 2.75) is 44.7 Å². The summed E-state index contributed by atoms with van der Waals surface area (Å²) in [5, 5.41) is 20.8. The van der Waals surface area contributed by atoms with Crippen molar-refractivity contribution >= 4 is 62.5 Å². The molecule has 63 heavy (non-hydrogen) atoms. The van der Waals surface area contributed by atoms with Crippen LogP contribution in [0.15, 0.2) is 77.6 Å². The Kier molecular flexibility index (Phi) is 11.3. The van der Waals surface area contributed by atoms with Crippen LogP contribution in [0, 0.1) is 17.6 Å². The van der Waals surface area contributed by atoms with E-state index in [4.69, 9.17) is 16.6 Å². The number of hydrogen-bond donors (Lipinski definition) is 3. The van der Waals surface area contributed by atoms with E-state index in [9.17, 15) is 36.8 Å². The molecule has 3 atom stereocenters. The lowest BCUT2D eigenvalue weighted by atomic mass is 10.0. The van der Waals surface area contributed by atoms with Gasteiger partial charge in [-0.3, -0.25) is 23.5 Å². The van der Waals surface area contributed by atoms with E-state index in [0.29, 0.717) is 21.9 Å². The highest BCUT2D eigenvalue weighted by Gasteiger charge is 2.51. The number of nitrogens with zero attached hydrogens (tertiary/aromatic N) is 6. The number of halogens is 7. The third kappa shape index (κ3) is 7.97. The van der Waals surface area contributed by atoms with Gasteiger partial charge in [-0.2, -0.15) is 18.6 Å². The van der Waals surface area contributed by atoms with Crippen LogP contribution in [0.2, 0.25) is 5.02 Å². The minimum Gasteiger partial charge on any atom is -0.593 e. The molecule has 0 aliphatic heterocycles. The van der Waals surface area contributed by atoms with E-state index >= 15 is 13.6 Å². The Morgan fingerprint density at radius 2 is 1.75 bits per heavy atom. The zero-order valence-corrected chi connectivity index (χ0v) is 34.7. The van der Waals surface area contributed by atoms with Crippen molar-refractivity contribution in [3.8, 4) is 16.8 Å². The van der Waals surface area contributed by atoms with Crippen LogP contribution in [0.1, 0.15) is 58.1 Å². The number of aromatic nitrogens is 6. The van der Waals surface area contributed by atoms with Crippen LogP contribution in [-0.4, -0.2) is 56.9 Å². The number of rotatable bonds is 12. The molecule has 1 amide bonds. The van der Waals surface area contributed by atoms with Crippen LogP contribution in [-0.2, 0) is 48.5 Å². The molecule has 0 fully saturated rings. The predicted octanol–water partition coefficient (Wildman–Crippen LogP) is 7.79.